The molecule has 3 heterocycles. The average Bonchev–Trinajstić information content (AvgIpc) is 3.20. The van der Waals surface area contributed by atoms with E-state index < -0.39 is 5.54 Å². The van der Waals surface area contributed by atoms with Crippen LogP contribution in [0.15, 0.2) is 22.8 Å². The first-order valence-corrected chi connectivity index (χ1v) is 9.03. The molecule has 22 heavy (non-hydrogen) atoms. The van der Waals surface area contributed by atoms with Crippen molar-refractivity contribution in [2.24, 2.45) is 0 Å². The first-order chi connectivity index (χ1) is 10.7. The van der Waals surface area contributed by atoms with Gasteiger partial charge in [0.2, 0.25) is 5.13 Å². The Morgan fingerprint density at radius 3 is 3.00 bits per heavy atom. The quantitative estimate of drug-likeness (QED) is 0.636. The molecular weight excluding hydrogens is 320 g/mol. The van der Waals surface area contributed by atoms with Gasteiger partial charge in [-0.15, -0.1) is 10.2 Å². The van der Waals surface area contributed by atoms with Crippen LogP contribution in [0.25, 0.3) is 0 Å². The van der Waals surface area contributed by atoms with Crippen molar-refractivity contribution in [2.45, 2.75) is 29.6 Å². The van der Waals surface area contributed by atoms with Gasteiger partial charge in [0.15, 0.2) is 4.34 Å². The van der Waals surface area contributed by atoms with E-state index >= 15 is 0 Å². The maximum absolute atomic E-state index is 12.9. The summed E-state index contributed by atoms with van der Waals surface area (Å²) < 4.78 is 2.64. The molecule has 0 aromatic carbocycles. The molecule has 0 aliphatic carbocycles. The monoisotopic (exact) mass is 338 g/mol. The van der Waals surface area contributed by atoms with Crippen LogP contribution in [0.2, 0.25) is 0 Å². The Morgan fingerprint density at radius 1 is 1.50 bits per heavy atom. The van der Waals surface area contributed by atoms with E-state index in [1.165, 1.54) is 11.3 Å². The minimum absolute atomic E-state index is 0.0677. The molecule has 0 radical (unpaired) electrons. The number of hydrogen-bond acceptors (Lipinski definition) is 7. The van der Waals surface area contributed by atoms with E-state index in [1.807, 2.05) is 12.3 Å². The number of hydrogen-bond donors (Lipinski definition) is 2. The van der Waals surface area contributed by atoms with E-state index in [-0.39, 0.29) is 5.91 Å². The zero-order valence-electron chi connectivity index (χ0n) is 12.3. The van der Waals surface area contributed by atoms with Crippen LogP contribution in [0.3, 0.4) is 0 Å². The van der Waals surface area contributed by atoms with Crippen LogP contribution in [0.1, 0.15) is 19.8 Å². The lowest BCUT2D eigenvalue weighted by atomic mass is 9.87. The van der Waals surface area contributed by atoms with Crippen LogP contribution >= 0.6 is 23.1 Å². The fraction of sp³-hybridized carbons (Fsp3) is 0.538. The number of carbonyl (C=O) groups excluding carboxylic acids is 1. The predicted molar refractivity (Wildman–Crippen MR) is 87.2 cm³/mol. The van der Waals surface area contributed by atoms with Crippen LogP contribution in [-0.4, -0.2) is 44.7 Å². The SMILES string of the molecule is CCSc1nnc(NC(=O)C2(n3cccn3)CCNCC2)s1. The number of anilines is 1. The molecule has 1 aliphatic rings. The summed E-state index contributed by atoms with van der Waals surface area (Å²) in [6.45, 7) is 3.65. The van der Waals surface area contributed by atoms with E-state index in [2.05, 4.69) is 32.9 Å². The standard InChI is InChI=1S/C13H18N6OS2/c1-2-21-12-18-17-11(22-12)16-10(20)13(4-7-14-8-5-13)19-9-3-6-15-19/h3,6,9,14H,2,4-5,7-8H2,1H3,(H,16,17,20). The highest BCUT2D eigenvalue weighted by molar-refractivity contribution is 8.01. The van der Waals surface area contributed by atoms with E-state index in [0.29, 0.717) is 18.0 Å². The van der Waals surface area contributed by atoms with Crippen molar-refractivity contribution >= 4 is 34.1 Å². The summed E-state index contributed by atoms with van der Waals surface area (Å²) in [5, 5.41) is 19.2. The Labute approximate surface area is 136 Å². The number of nitrogens with zero attached hydrogens (tertiary/aromatic N) is 4. The minimum atomic E-state index is -0.654. The summed E-state index contributed by atoms with van der Waals surface area (Å²) in [7, 11) is 0. The maximum atomic E-state index is 12.9. The number of carbonyl (C=O) groups is 1. The Bertz CT molecular complexity index is 620. The van der Waals surface area contributed by atoms with Gasteiger partial charge in [0.25, 0.3) is 5.91 Å². The molecule has 0 saturated carbocycles. The van der Waals surface area contributed by atoms with Crippen molar-refractivity contribution < 1.29 is 4.79 Å². The van der Waals surface area contributed by atoms with Crippen LogP contribution in [-0.2, 0) is 10.3 Å². The normalized spacial score (nSPS) is 17.3. The highest BCUT2D eigenvalue weighted by Crippen LogP contribution is 2.30. The summed E-state index contributed by atoms with van der Waals surface area (Å²) in [6.07, 6.45) is 4.97. The van der Waals surface area contributed by atoms with Gasteiger partial charge in [0.1, 0.15) is 5.54 Å². The van der Waals surface area contributed by atoms with Gasteiger partial charge in [0.05, 0.1) is 0 Å². The molecule has 0 unspecified atom stereocenters. The van der Waals surface area contributed by atoms with E-state index in [1.54, 1.807) is 22.6 Å². The van der Waals surface area contributed by atoms with Crippen LogP contribution < -0.4 is 10.6 Å². The third-order valence-electron chi connectivity index (χ3n) is 3.69. The zero-order chi connectivity index (χ0) is 15.4. The first kappa shape index (κ1) is 15.4. The minimum Gasteiger partial charge on any atom is -0.317 e. The number of piperidine rings is 1. The summed E-state index contributed by atoms with van der Waals surface area (Å²) >= 11 is 3.03. The van der Waals surface area contributed by atoms with Gasteiger partial charge < -0.3 is 5.32 Å². The zero-order valence-corrected chi connectivity index (χ0v) is 13.9. The Hall–Kier alpha value is -1.45. The van der Waals surface area contributed by atoms with Crippen LogP contribution in [0, 0.1) is 0 Å². The second-order valence-corrected chi connectivity index (χ2v) is 7.48. The molecule has 0 atom stereocenters. The smallest absolute Gasteiger partial charge is 0.254 e. The molecule has 9 heteroatoms. The molecule has 1 aliphatic heterocycles. The van der Waals surface area contributed by atoms with E-state index in [0.717, 1.165) is 23.2 Å². The number of nitrogens with one attached hydrogen (secondary N) is 2. The van der Waals surface area contributed by atoms with Gasteiger partial charge in [0, 0.05) is 12.4 Å². The summed E-state index contributed by atoms with van der Waals surface area (Å²) in [4.78, 5) is 12.9. The topological polar surface area (TPSA) is 84.7 Å². The third kappa shape index (κ3) is 3.01. The molecule has 0 bridgehead atoms. The third-order valence-corrected chi connectivity index (χ3v) is 5.55. The Morgan fingerprint density at radius 2 is 2.32 bits per heavy atom. The van der Waals surface area contributed by atoms with Crippen molar-refractivity contribution in [3.8, 4) is 0 Å². The fourth-order valence-corrected chi connectivity index (χ4v) is 4.22. The van der Waals surface area contributed by atoms with Crippen molar-refractivity contribution in [2.75, 3.05) is 24.2 Å². The maximum Gasteiger partial charge on any atom is 0.254 e. The molecular formula is C13H18N6OS2. The van der Waals surface area contributed by atoms with E-state index in [9.17, 15) is 4.79 Å². The van der Waals surface area contributed by atoms with Crippen LogP contribution in [0.4, 0.5) is 5.13 Å². The number of rotatable bonds is 5. The van der Waals surface area contributed by atoms with Crippen molar-refractivity contribution in [1.29, 1.82) is 0 Å². The van der Waals surface area contributed by atoms with Crippen LogP contribution in [0.5, 0.6) is 0 Å². The summed E-state index contributed by atoms with van der Waals surface area (Å²) in [5.41, 5.74) is -0.654. The van der Waals surface area contributed by atoms with Gasteiger partial charge >= 0.3 is 0 Å². The first-order valence-electron chi connectivity index (χ1n) is 7.23. The molecule has 1 saturated heterocycles. The fourth-order valence-electron chi connectivity index (χ4n) is 2.58. The number of thioether (sulfide) groups is 1. The Kier molecular flexibility index (Phi) is 4.74. The summed E-state index contributed by atoms with van der Waals surface area (Å²) in [6, 6.07) is 1.85. The van der Waals surface area contributed by atoms with Gasteiger partial charge in [-0.2, -0.15) is 5.10 Å². The van der Waals surface area contributed by atoms with Gasteiger partial charge in [-0.1, -0.05) is 30.0 Å². The molecule has 2 aromatic rings. The van der Waals surface area contributed by atoms with Gasteiger partial charge in [-0.3, -0.25) is 14.8 Å². The number of amides is 1. The number of aromatic nitrogens is 4. The highest BCUT2D eigenvalue weighted by atomic mass is 32.2. The predicted octanol–water partition coefficient (Wildman–Crippen LogP) is 1.56. The average molecular weight is 338 g/mol. The molecule has 118 valence electrons. The van der Waals surface area contributed by atoms with Crippen molar-refractivity contribution in [3.05, 3.63) is 18.5 Å². The largest absolute Gasteiger partial charge is 0.317 e. The lowest BCUT2D eigenvalue weighted by Gasteiger charge is -2.36. The molecule has 1 fully saturated rings. The lowest BCUT2D eigenvalue weighted by Crippen LogP contribution is -2.52. The highest BCUT2D eigenvalue weighted by Gasteiger charge is 2.42. The molecule has 2 N–H and O–H groups in total. The molecule has 1 amide bonds. The Balaban J connectivity index is 1.80. The molecule has 0 spiro atoms. The second kappa shape index (κ2) is 6.76. The molecule has 3 rings (SSSR count). The van der Waals surface area contributed by atoms with Crippen molar-refractivity contribution in [1.82, 2.24) is 25.3 Å². The van der Waals surface area contributed by atoms with E-state index in [4.69, 9.17) is 0 Å². The lowest BCUT2D eigenvalue weighted by molar-refractivity contribution is -0.126. The summed E-state index contributed by atoms with van der Waals surface area (Å²) in [5.74, 6) is 0.868. The van der Waals surface area contributed by atoms with Gasteiger partial charge in [-0.25, -0.2) is 0 Å². The van der Waals surface area contributed by atoms with Crippen molar-refractivity contribution in [3.63, 3.8) is 0 Å². The molecule has 2 aromatic heterocycles. The second-order valence-electron chi connectivity index (χ2n) is 4.99. The molecule has 7 nitrogen and oxygen atoms in total. The van der Waals surface area contributed by atoms with Gasteiger partial charge in [-0.05, 0) is 37.8 Å².